The molecule has 1 heteroatoms. The molecule has 1 rings (SSSR count). The second-order valence-electron chi connectivity index (χ2n) is 3.56. The van der Waals surface area contributed by atoms with Gasteiger partial charge in [0.05, 0.1) is 0 Å². The van der Waals surface area contributed by atoms with E-state index in [2.05, 4.69) is 55.6 Å². The average Bonchev–Trinajstić information content (AvgIpc) is 2.22. The molecule has 0 bridgehead atoms. The molecule has 0 atom stereocenters. The molecule has 80 valence electrons. The lowest BCUT2D eigenvalue weighted by Gasteiger charge is -2.07. The highest BCUT2D eigenvalue weighted by molar-refractivity contribution is 5.51. The Kier molecular flexibility index (Phi) is 4.69. The van der Waals surface area contributed by atoms with Crippen molar-refractivity contribution in [1.29, 1.82) is 0 Å². The van der Waals surface area contributed by atoms with Gasteiger partial charge in [-0.25, -0.2) is 0 Å². The monoisotopic (exact) mass is 201 g/mol. The standard InChI is InChI=1S/C14H19N/c1-4-6-13(7-5-2)15-14-10-8-12(3)9-11-14/h4,6-11,15H,5H2,1-3H3/b6-4-,13-7+. The summed E-state index contributed by atoms with van der Waals surface area (Å²) in [6.07, 6.45) is 7.35. The van der Waals surface area contributed by atoms with Crippen molar-refractivity contribution in [1.82, 2.24) is 0 Å². The number of hydrogen-bond acceptors (Lipinski definition) is 1. The summed E-state index contributed by atoms with van der Waals surface area (Å²) in [7, 11) is 0. The number of rotatable bonds is 4. The van der Waals surface area contributed by atoms with Crippen LogP contribution in [0.3, 0.4) is 0 Å². The predicted octanol–water partition coefficient (Wildman–Crippen LogP) is 4.28. The average molecular weight is 201 g/mol. The van der Waals surface area contributed by atoms with Crippen LogP contribution in [0.1, 0.15) is 25.8 Å². The molecule has 1 aromatic rings. The van der Waals surface area contributed by atoms with E-state index in [-0.39, 0.29) is 0 Å². The molecular weight excluding hydrogens is 182 g/mol. The largest absolute Gasteiger partial charge is 0.356 e. The second-order valence-corrected chi connectivity index (χ2v) is 3.56. The normalized spacial score (nSPS) is 12.1. The first-order chi connectivity index (χ1) is 7.26. The van der Waals surface area contributed by atoms with Gasteiger partial charge in [-0.2, -0.15) is 0 Å². The van der Waals surface area contributed by atoms with Crippen LogP contribution in [0.25, 0.3) is 0 Å². The van der Waals surface area contributed by atoms with E-state index in [1.807, 2.05) is 13.0 Å². The van der Waals surface area contributed by atoms with Gasteiger partial charge in [-0.3, -0.25) is 0 Å². The molecule has 0 saturated heterocycles. The molecular formula is C14H19N. The number of hydrogen-bond donors (Lipinski definition) is 1. The van der Waals surface area contributed by atoms with E-state index >= 15 is 0 Å². The van der Waals surface area contributed by atoms with Crippen LogP contribution in [-0.2, 0) is 0 Å². The topological polar surface area (TPSA) is 12.0 Å². The molecule has 0 aliphatic rings. The molecule has 0 spiro atoms. The zero-order valence-electron chi connectivity index (χ0n) is 9.75. The van der Waals surface area contributed by atoms with E-state index < -0.39 is 0 Å². The van der Waals surface area contributed by atoms with Gasteiger partial charge >= 0.3 is 0 Å². The third kappa shape index (κ3) is 4.03. The van der Waals surface area contributed by atoms with E-state index in [4.69, 9.17) is 0 Å². The smallest absolute Gasteiger partial charge is 0.0384 e. The van der Waals surface area contributed by atoms with Crippen molar-refractivity contribution in [2.24, 2.45) is 0 Å². The Labute approximate surface area is 92.5 Å². The maximum Gasteiger partial charge on any atom is 0.0384 e. The molecule has 0 unspecified atom stereocenters. The van der Waals surface area contributed by atoms with Crippen LogP contribution >= 0.6 is 0 Å². The highest BCUT2D eigenvalue weighted by atomic mass is 14.9. The van der Waals surface area contributed by atoms with Crippen molar-refractivity contribution in [2.45, 2.75) is 27.2 Å². The zero-order chi connectivity index (χ0) is 11.1. The van der Waals surface area contributed by atoms with Gasteiger partial charge in [0.25, 0.3) is 0 Å². The number of allylic oxidation sites excluding steroid dienone is 3. The van der Waals surface area contributed by atoms with Crippen molar-refractivity contribution < 1.29 is 0 Å². The van der Waals surface area contributed by atoms with Crippen molar-refractivity contribution in [3.05, 3.63) is 53.8 Å². The van der Waals surface area contributed by atoms with Gasteiger partial charge in [-0.15, -0.1) is 0 Å². The molecule has 0 aromatic heterocycles. The highest BCUT2D eigenvalue weighted by Gasteiger charge is 1.93. The van der Waals surface area contributed by atoms with Gasteiger partial charge in [0.1, 0.15) is 0 Å². The van der Waals surface area contributed by atoms with Crippen LogP contribution in [0.15, 0.2) is 48.2 Å². The van der Waals surface area contributed by atoms with Gasteiger partial charge < -0.3 is 5.32 Å². The van der Waals surface area contributed by atoms with Gasteiger partial charge in [-0.1, -0.05) is 36.8 Å². The Balaban J connectivity index is 2.74. The third-order valence-electron chi connectivity index (χ3n) is 2.11. The first kappa shape index (κ1) is 11.6. The summed E-state index contributed by atoms with van der Waals surface area (Å²) in [5, 5.41) is 3.38. The van der Waals surface area contributed by atoms with Crippen molar-refractivity contribution in [3.8, 4) is 0 Å². The fourth-order valence-electron chi connectivity index (χ4n) is 1.36. The molecule has 0 radical (unpaired) electrons. The number of anilines is 1. The minimum absolute atomic E-state index is 1.04. The van der Waals surface area contributed by atoms with E-state index in [1.54, 1.807) is 0 Å². The molecule has 0 aliphatic carbocycles. The zero-order valence-corrected chi connectivity index (χ0v) is 9.75. The van der Waals surface area contributed by atoms with Gasteiger partial charge in [0.15, 0.2) is 0 Å². The van der Waals surface area contributed by atoms with Crippen LogP contribution in [0.2, 0.25) is 0 Å². The van der Waals surface area contributed by atoms with Crippen molar-refractivity contribution >= 4 is 5.69 Å². The summed E-state index contributed by atoms with van der Waals surface area (Å²) in [4.78, 5) is 0. The first-order valence-corrected chi connectivity index (χ1v) is 5.42. The Bertz CT molecular complexity index is 344. The van der Waals surface area contributed by atoms with Crippen molar-refractivity contribution in [3.63, 3.8) is 0 Å². The molecule has 0 aliphatic heterocycles. The first-order valence-electron chi connectivity index (χ1n) is 5.42. The van der Waals surface area contributed by atoms with Crippen LogP contribution in [-0.4, -0.2) is 0 Å². The minimum Gasteiger partial charge on any atom is -0.356 e. The quantitative estimate of drug-likeness (QED) is 0.717. The Morgan fingerprint density at radius 1 is 1.27 bits per heavy atom. The molecule has 1 nitrogen and oxygen atoms in total. The summed E-state index contributed by atoms with van der Waals surface area (Å²) in [6, 6.07) is 8.42. The predicted molar refractivity (Wildman–Crippen MR) is 68.0 cm³/mol. The van der Waals surface area contributed by atoms with Gasteiger partial charge in [0.2, 0.25) is 0 Å². The summed E-state index contributed by atoms with van der Waals surface area (Å²) < 4.78 is 0. The van der Waals surface area contributed by atoms with Crippen molar-refractivity contribution in [2.75, 3.05) is 5.32 Å². The fourth-order valence-corrected chi connectivity index (χ4v) is 1.36. The van der Waals surface area contributed by atoms with Crippen LogP contribution in [0.4, 0.5) is 5.69 Å². The lowest BCUT2D eigenvalue weighted by atomic mass is 10.2. The molecule has 1 N–H and O–H groups in total. The number of aryl methyl sites for hydroxylation is 1. The summed E-state index contributed by atoms with van der Waals surface area (Å²) in [5.41, 5.74) is 3.58. The van der Waals surface area contributed by atoms with E-state index in [0.29, 0.717) is 0 Å². The Hall–Kier alpha value is -1.50. The van der Waals surface area contributed by atoms with Gasteiger partial charge in [-0.05, 0) is 38.5 Å². The maximum absolute atomic E-state index is 3.38. The lowest BCUT2D eigenvalue weighted by Crippen LogP contribution is -1.96. The van der Waals surface area contributed by atoms with E-state index in [1.165, 1.54) is 5.56 Å². The third-order valence-corrected chi connectivity index (χ3v) is 2.11. The van der Waals surface area contributed by atoms with Gasteiger partial charge in [0, 0.05) is 11.4 Å². The SMILES string of the molecule is C/C=C\C(=C/CC)Nc1ccc(C)cc1. The summed E-state index contributed by atoms with van der Waals surface area (Å²) in [6.45, 7) is 6.26. The van der Waals surface area contributed by atoms with E-state index in [0.717, 1.165) is 17.8 Å². The van der Waals surface area contributed by atoms with Crippen LogP contribution < -0.4 is 5.32 Å². The minimum atomic E-state index is 1.04. The Morgan fingerprint density at radius 3 is 2.47 bits per heavy atom. The number of benzene rings is 1. The molecule has 0 saturated carbocycles. The lowest BCUT2D eigenvalue weighted by molar-refractivity contribution is 1.20. The molecule has 15 heavy (non-hydrogen) atoms. The fraction of sp³-hybridized carbons (Fsp3) is 0.286. The highest BCUT2D eigenvalue weighted by Crippen LogP contribution is 2.12. The van der Waals surface area contributed by atoms with Crippen LogP contribution in [0, 0.1) is 6.92 Å². The summed E-state index contributed by atoms with van der Waals surface area (Å²) in [5.74, 6) is 0. The van der Waals surface area contributed by atoms with Crippen LogP contribution in [0.5, 0.6) is 0 Å². The molecule has 0 fully saturated rings. The molecule has 1 aromatic carbocycles. The second kappa shape index (κ2) is 6.07. The maximum atomic E-state index is 3.38. The summed E-state index contributed by atoms with van der Waals surface area (Å²) >= 11 is 0. The number of nitrogens with one attached hydrogen (secondary N) is 1. The molecule has 0 amide bonds. The van der Waals surface area contributed by atoms with E-state index in [9.17, 15) is 0 Å². The Morgan fingerprint density at radius 2 is 1.93 bits per heavy atom. The molecule has 0 heterocycles.